The van der Waals surface area contributed by atoms with Crippen molar-refractivity contribution in [3.63, 3.8) is 0 Å². The summed E-state index contributed by atoms with van der Waals surface area (Å²) in [6, 6.07) is 15.2. The average Bonchev–Trinajstić information content (AvgIpc) is 2.66. The number of amides is 1. The number of carbonyl (C=O) groups excluding carboxylic acids is 1. The van der Waals surface area contributed by atoms with Crippen molar-refractivity contribution in [3.8, 4) is 5.75 Å². The van der Waals surface area contributed by atoms with Gasteiger partial charge < -0.3 is 9.64 Å². The summed E-state index contributed by atoms with van der Waals surface area (Å²) in [6.07, 6.45) is 0. The third kappa shape index (κ3) is 4.52. The van der Waals surface area contributed by atoms with Crippen molar-refractivity contribution in [1.82, 2.24) is 9.88 Å². The van der Waals surface area contributed by atoms with Crippen LogP contribution in [-0.4, -0.2) is 28.9 Å². The first kappa shape index (κ1) is 19.5. The molecular weight excluding hydrogens is 383 g/mol. The molecule has 0 radical (unpaired) electrons. The van der Waals surface area contributed by atoms with Crippen LogP contribution >= 0.6 is 23.2 Å². The lowest BCUT2D eigenvalue weighted by atomic mass is 10.2. The van der Waals surface area contributed by atoms with Crippen LogP contribution in [0, 0.1) is 6.92 Å². The molecule has 1 amide bonds. The van der Waals surface area contributed by atoms with Crippen molar-refractivity contribution < 1.29 is 9.53 Å². The molecule has 0 aliphatic rings. The van der Waals surface area contributed by atoms with Crippen LogP contribution in [0.15, 0.2) is 48.5 Å². The van der Waals surface area contributed by atoms with E-state index in [1.54, 1.807) is 11.0 Å². The highest BCUT2D eigenvalue weighted by atomic mass is 35.5. The summed E-state index contributed by atoms with van der Waals surface area (Å²) in [5.74, 6) is 0.261. The number of hydrogen-bond acceptors (Lipinski definition) is 3. The normalized spacial score (nSPS) is 10.8. The monoisotopic (exact) mass is 402 g/mol. The second kappa shape index (κ2) is 8.59. The summed E-state index contributed by atoms with van der Waals surface area (Å²) in [7, 11) is 0. The molecule has 0 aliphatic carbocycles. The third-order valence-electron chi connectivity index (χ3n) is 4.27. The van der Waals surface area contributed by atoms with Gasteiger partial charge in [-0.2, -0.15) is 0 Å². The number of fused-ring (bicyclic) bond motifs is 1. The molecule has 0 unspecified atom stereocenters. The SMILES string of the molecule is CCN(Cc1ccccc1)C(=O)COc1c(Cl)cc(Cl)c2ccc(C)nc12. The highest BCUT2D eigenvalue weighted by Gasteiger charge is 2.17. The zero-order chi connectivity index (χ0) is 19.4. The van der Waals surface area contributed by atoms with Crippen LogP contribution in [0.2, 0.25) is 10.0 Å². The molecule has 0 fully saturated rings. The molecule has 0 atom stereocenters. The van der Waals surface area contributed by atoms with Gasteiger partial charge in [-0.1, -0.05) is 53.5 Å². The van der Waals surface area contributed by atoms with Gasteiger partial charge in [0, 0.05) is 24.2 Å². The fraction of sp³-hybridized carbons (Fsp3) is 0.238. The summed E-state index contributed by atoms with van der Waals surface area (Å²) >= 11 is 12.6. The predicted octanol–water partition coefficient (Wildman–Crippen LogP) is 5.28. The summed E-state index contributed by atoms with van der Waals surface area (Å²) in [4.78, 5) is 18.9. The largest absolute Gasteiger partial charge is 0.480 e. The standard InChI is InChI=1S/C21H20Cl2N2O2/c1-3-25(12-15-7-5-4-6-8-15)19(26)13-27-21-18(23)11-17(22)16-10-9-14(2)24-20(16)21/h4-11H,3,12-13H2,1-2H3. The molecular formula is C21H20Cl2N2O2. The molecule has 0 spiro atoms. The Labute approximate surface area is 168 Å². The van der Waals surface area contributed by atoms with E-state index in [1.165, 1.54) is 0 Å². The number of pyridine rings is 1. The first-order valence-electron chi connectivity index (χ1n) is 8.69. The number of aromatic nitrogens is 1. The van der Waals surface area contributed by atoms with Crippen LogP contribution in [0.3, 0.4) is 0 Å². The Morgan fingerprint density at radius 3 is 2.56 bits per heavy atom. The molecule has 6 heteroatoms. The quantitative estimate of drug-likeness (QED) is 0.563. The lowest BCUT2D eigenvalue weighted by Crippen LogP contribution is -2.34. The van der Waals surface area contributed by atoms with E-state index in [1.807, 2.05) is 56.3 Å². The minimum absolute atomic E-state index is 0.117. The highest BCUT2D eigenvalue weighted by Crippen LogP contribution is 2.37. The van der Waals surface area contributed by atoms with Gasteiger partial charge >= 0.3 is 0 Å². The number of hydrogen-bond donors (Lipinski definition) is 0. The van der Waals surface area contributed by atoms with Gasteiger partial charge in [0.05, 0.1) is 10.0 Å². The number of rotatable bonds is 6. The van der Waals surface area contributed by atoms with E-state index >= 15 is 0 Å². The Kier molecular flexibility index (Phi) is 6.19. The van der Waals surface area contributed by atoms with Gasteiger partial charge in [0.2, 0.25) is 0 Å². The van der Waals surface area contributed by atoms with Crippen molar-refractivity contribution in [2.24, 2.45) is 0 Å². The van der Waals surface area contributed by atoms with Crippen molar-refractivity contribution in [3.05, 3.63) is 69.8 Å². The van der Waals surface area contributed by atoms with Crippen LogP contribution in [-0.2, 0) is 11.3 Å². The molecule has 0 saturated carbocycles. The van der Waals surface area contributed by atoms with Gasteiger partial charge in [-0.25, -0.2) is 4.98 Å². The molecule has 1 aromatic heterocycles. The second-order valence-corrected chi connectivity index (χ2v) is 7.01. The van der Waals surface area contributed by atoms with Crippen LogP contribution < -0.4 is 4.74 Å². The molecule has 27 heavy (non-hydrogen) atoms. The van der Waals surface area contributed by atoms with Crippen LogP contribution in [0.4, 0.5) is 0 Å². The molecule has 1 heterocycles. The Morgan fingerprint density at radius 2 is 1.85 bits per heavy atom. The molecule has 4 nitrogen and oxygen atoms in total. The van der Waals surface area contributed by atoms with Gasteiger partial charge in [-0.15, -0.1) is 0 Å². The maximum Gasteiger partial charge on any atom is 0.260 e. The molecule has 2 aromatic carbocycles. The van der Waals surface area contributed by atoms with E-state index in [0.717, 1.165) is 16.6 Å². The maximum atomic E-state index is 12.6. The van der Waals surface area contributed by atoms with E-state index in [4.69, 9.17) is 27.9 Å². The van der Waals surface area contributed by atoms with Crippen LogP contribution in [0.1, 0.15) is 18.2 Å². The molecule has 0 saturated heterocycles. The van der Waals surface area contributed by atoms with Crippen molar-refractivity contribution in [1.29, 1.82) is 0 Å². The zero-order valence-corrected chi connectivity index (χ0v) is 16.7. The molecule has 3 aromatic rings. The van der Waals surface area contributed by atoms with Crippen LogP contribution in [0.25, 0.3) is 10.9 Å². The number of likely N-dealkylation sites (N-methyl/N-ethyl adjacent to an activating group) is 1. The Balaban J connectivity index is 1.79. The number of benzene rings is 2. The number of nitrogens with zero attached hydrogens (tertiary/aromatic N) is 2. The minimum atomic E-state index is -0.118. The second-order valence-electron chi connectivity index (χ2n) is 6.20. The first-order chi connectivity index (χ1) is 13.0. The molecule has 140 valence electrons. The van der Waals surface area contributed by atoms with Gasteiger partial charge in [0.25, 0.3) is 5.91 Å². The fourth-order valence-corrected chi connectivity index (χ4v) is 3.40. The zero-order valence-electron chi connectivity index (χ0n) is 15.2. The Bertz CT molecular complexity index is 961. The number of halogens is 2. The molecule has 0 aliphatic heterocycles. The summed E-state index contributed by atoms with van der Waals surface area (Å²) in [5, 5.41) is 1.58. The highest BCUT2D eigenvalue weighted by molar-refractivity contribution is 6.39. The maximum absolute atomic E-state index is 12.6. The summed E-state index contributed by atoms with van der Waals surface area (Å²) in [6.45, 7) is 4.82. The number of ether oxygens (including phenoxy) is 1. The fourth-order valence-electron chi connectivity index (χ4n) is 2.83. The number of aryl methyl sites for hydroxylation is 1. The van der Waals surface area contributed by atoms with Crippen LogP contribution in [0.5, 0.6) is 5.75 Å². The van der Waals surface area contributed by atoms with Crippen molar-refractivity contribution >= 4 is 40.0 Å². The molecule has 3 rings (SSSR count). The van der Waals surface area contributed by atoms with Gasteiger partial charge in [-0.05, 0) is 37.6 Å². The van der Waals surface area contributed by atoms with Gasteiger partial charge in [0.1, 0.15) is 5.52 Å². The number of carbonyl (C=O) groups is 1. The molecule has 0 N–H and O–H groups in total. The smallest absolute Gasteiger partial charge is 0.260 e. The predicted molar refractivity (Wildman–Crippen MR) is 110 cm³/mol. The summed E-state index contributed by atoms with van der Waals surface area (Å²) < 4.78 is 5.80. The molecule has 0 bridgehead atoms. The van der Waals surface area contributed by atoms with E-state index in [9.17, 15) is 4.79 Å². The van der Waals surface area contributed by atoms with Crippen molar-refractivity contribution in [2.45, 2.75) is 20.4 Å². The lowest BCUT2D eigenvalue weighted by molar-refractivity contribution is -0.133. The van der Waals surface area contributed by atoms with Gasteiger partial charge in [-0.3, -0.25) is 4.79 Å². The van der Waals surface area contributed by atoms with Crippen molar-refractivity contribution in [2.75, 3.05) is 13.2 Å². The van der Waals surface area contributed by atoms with E-state index in [0.29, 0.717) is 34.4 Å². The third-order valence-corrected chi connectivity index (χ3v) is 4.86. The van der Waals surface area contributed by atoms with Gasteiger partial charge in [0.15, 0.2) is 12.4 Å². The minimum Gasteiger partial charge on any atom is -0.480 e. The Morgan fingerprint density at radius 1 is 1.11 bits per heavy atom. The first-order valence-corrected chi connectivity index (χ1v) is 9.45. The van der Waals surface area contributed by atoms with E-state index < -0.39 is 0 Å². The van der Waals surface area contributed by atoms with E-state index in [2.05, 4.69) is 4.98 Å². The Hall–Kier alpha value is -2.30. The van der Waals surface area contributed by atoms with E-state index in [-0.39, 0.29) is 12.5 Å². The topological polar surface area (TPSA) is 42.4 Å². The lowest BCUT2D eigenvalue weighted by Gasteiger charge is -2.21. The average molecular weight is 403 g/mol. The summed E-state index contributed by atoms with van der Waals surface area (Å²) in [5.41, 5.74) is 2.45.